The molecule has 0 saturated heterocycles. The Kier molecular flexibility index (Phi) is 3.71. The van der Waals surface area contributed by atoms with Gasteiger partial charge in [0.2, 0.25) is 11.3 Å². The molecule has 16 heavy (non-hydrogen) atoms. The van der Waals surface area contributed by atoms with Gasteiger partial charge in [-0.25, -0.2) is 0 Å². The van der Waals surface area contributed by atoms with Gasteiger partial charge >= 0.3 is 0 Å². The van der Waals surface area contributed by atoms with Gasteiger partial charge in [0.15, 0.2) is 5.75 Å². The maximum atomic E-state index is 11.4. The highest BCUT2D eigenvalue weighted by Crippen LogP contribution is 2.09. The van der Waals surface area contributed by atoms with Crippen LogP contribution in [0.5, 0.6) is 5.75 Å². The molecule has 1 amide bonds. The largest absolute Gasteiger partial charge is 0.503 e. The lowest BCUT2D eigenvalue weighted by Gasteiger charge is -2.13. The molecule has 0 spiro atoms. The molecule has 5 heteroatoms. The standard InChI is InChI=1S/C11H16N2O3/c1-8-11(16)9(14)4-6-13(8)7-5-10(15)12(2)3/h4,6,16H,5,7H2,1-3H3. The molecule has 1 aromatic rings. The first kappa shape index (κ1) is 12.3. The number of pyridine rings is 1. The molecule has 88 valence electrons. The van der Waals surface area contributed by atoms with E-state index in [0.29, 0.717) is 18.7 Å². The predicted octanol–water partition coefficient (Wildman–Crippen LogP) is 0.341. The minimum Gasteiger partial charge on any atom is -0.503 e. The fourth-order valence-electron chi connectivity index (χ4n) is 1.34. The molecule has 0 aliphatic carbocycles. The molecule has 0 aliphatic rings. The fourth-order valence-corrected chi connectivity index (χ4v) is 1.34. The molecule has 0 unspecified atom stereocenters. The van der Waals surface area contributed by atoms with E-state index >= 15 is 0 Å². The van der Waals surface area contributed by atoms with Crippen LogP contribution in [0.2, 0.25) is 0 Å². The normalized spacial score (nSPS) is 10.2. The molecule has 0 atom stereocenters. The van der Waals surface area contributed by atoms with Gasteiger partial charge in [-0.1, -0.05) is 0 Å². The van der Waals surface area contributed by atoms with Crippen LogP contribution >= 0.6 is 0 Å². The Morgan fingerprint density at radius 1 is 1.50 bits per heavy atom. The minimum absolute atomic E-state index is 0.0117. The summed E-state index contributed by atoms with van der Waals surface area (Å²) in [6.45, 7) is 2.10. The van der Waals surface area contributed by atoms with Gasteiger partial charge in [-0.3, -0.25) is 9.59 Å². The first-order chi connectivity index (χ1) is 7.43. The van der Waals surface area contributed by atoms with E-state index in [1.54, 1.807) is 31.8 Å². The smallest absolute Gasteiger partial charge is 0.223 e. The van der Waals surface area contributed by atoms with Gasteiger partial charge in [0, 0.05) is 39.3 Å². The number of amides is 1. The average Bonchev–Trinajstić information content (AvgIpc) is 2.24. The first-order valence-electron chi connectivity index (χ1n) is 5.02. The summed E-state index contributed by atoms with van der Waals surface area (Å²) in [5.74, 6) is -0.239. The van der Waals surface area contributed by atoms with Gasteiger partial charge in [-0.15, -0.1) is 0 Å². The third-order valence-electron chi connectivity index (χ3n) is 2.48. The van der Waals surface area contributed by atoms with Gasteiger partial charge in [0.1, 0.15) is 0 Å². The van der Waals surface area contributed by atoms with Crippen molar-refractivity contribution in [1.82, 2.24) is 9.47 Å². The quantitative estimate of drug-likeness (QED) is 0.805. The zero-order chi connectivity index (χ0) is 12.3. The van der Waals surface area contributed by atoms with Crippen molar-refractivity contribution >= 4 is 5.91 Å². The summed E-state index contributed by atoms with van der Waals surface area (Å²) in [7, 11) is 3.39. The molecule has 1 heterocycles. The van der Waals surface area contributed by atoms with Gasteiger partial charge < -0.3 is 14.6 Å². The summed E-state index contributed by atoms with van der Waals surface area (Å²) in [5.41, 5.74) is 0.0896. The van der Waals surface area contributed by atoms with Crippen molar-refractivity contribution in [2.24, 2.45) is 0 Å². The van der Waals surface area contributed by atoms with E-state index in [1.807, 2.05) is 0 Å². The number of carbonyl (C=O) groups is 1. The summed E-state index contributed by atoms with van der Waals surface area (Å²) < 4.78 is 1.69. The molecule has 5 nitrogen and oxygen atoms in total. The maximum Gasteiger partial charge on any atom is 0.223 e. The maximum absolute atomic E-state index is 11.4. The first-order valence-corrected chi connectivity index (χ1v) is 5.02. The van der Waals surface area contributed by atoms with E-state index in [1.165, 1.54) is 11.0 Å². The number of hydrogen-bond donors (Lipinski definition) is 1. The molecule has 0 aromatic carbocycles. The van der Waals surface area contributed by atoms with Crippen molar-refractivity contribution in [3.63, 3.8) is 0 Å². The van der Waals surface area contributed by atoms with Gasteiger partial charge in [0.05, 0.1) is 5.69 Å². The third kappa shape index (κ3) is 2.62. The molecule has 0 saturated carbocycles. The number of hydrogen-bond acceptors (Lipinski definition) is 3. The summed E-state index contributed by atoms with van der Waals surface area (Å²) in [6.07, 6.45) is 1.93. The van der Waals surface area contributed by atoms with Crippen LogP contribution in [0.1, 0.15) is 12.1 Å². The monoisotopic (exact) mass is 224 g/mol. The zero-order valence-electron chi connectivity index (χ0n) is 9.73. The van der Waals surface area contributed by atoms with Crippen molar-refractivity contribution in [3.05, 3.63) is 28.2 Å². The second kappa shape index (κ2) is 4.83. The highest BCUT2D eigenvalue weighted by molar-refractivity contribution is 5.75. The van der Waals surface area contributed by atoms with E-state index in [4.69, 9.17) is 0 Å². The van der Waals surface area contributed by atoms with Crippen molar-refractivity contribution in [1.29, 1.82) is 0 Å². The van der Waals surface area contributed by atoms with Crippen LogP contribution in [0, 0.1) is 6.92 Å². The molecule has 0 fully saturated rings. The Bertz CT molecular complexity index is 449. The Labute approximate surface area is 93.9 Å². The minimum atomic E-state index is -0.396. The predicted molar refractivity (Wildman–Crippen MR) is 60.4 cm³/mol. The molecule has 1 N–H and O–H groups in total. The molecular weight excluding hydrogens is 208 g/mol. The average molecular weight is 224 g/mol. The Morgan fingerprint density at radius 3 is 2.69 bits per heavy atom. The molecule has 0 bridgehead atoms. The van der Waals surface area contributed by atoms with E-state index in [2.05, 4.69) is 0 Å². The van der Waals surface area contributed by atoms with E-state index in [9.17, 15) is 14.7 Å². The fraction of sp³-hybridized carbons (Fsp3) is 0.455. The van der Waals surface area contributed by atoms with Crippen molar-refractivity contribution in [3.8, 4) is 5.75 Å². The van der Waals surface area contributed by atoms with E-state index in [-0.39, 0.29) is 11.7 Å². The van der Waals surface area contributed by atoms with Crippen LogP contribution in [-0.4, -0.2) is 34.6 Å². The van der Waals surface area contributed by atoms with E-state index in [0.717, 1.165) is 0 Å². The topological polar surface area (TPSA) is 62.5 Å². The van der Waals surface area contributed by atoms with Crippen molar-refractivity contribution < 1.29 is 9.90 Å². The summed E-state index contributed by atoms with van der Waals surface area (Å²) in [5, 5.41) is 9.43. The van der Waals surface area contributed by atoms with Crippen LogP contribution in [0.15, 0.2) is 17.1 Å². The lowest BCUT2D eigenvalue weighted by atomic mass is 10.3. The lowest BCUT2D eigenvalue weighted by Crippen LogP contribution is -2.23. The Morgan fingerprint density at radius 2 is 2.12 bits per heavy atom. The SMILES string of the molecule is Cc1c(O)c(=O)ccn1CCC(=O)N(C)C. The second-order valence-electron chi connectivity index (χ2n) is 3.85. The number of nitrogens with zero attached hydrogens (tertiary/aromatic N) is 2. The number of carbonyl (C=O) groups excluding carboxylic acids is 1. The molecule has 1 rings (SSSR count). The number of aromatic hydroxyl groups is 1. The second-order valence-corrected chi connectivity index (χ2v) is 3.85. The highest BCUT2D eigenvalue weighted by atomic mass is 16.3. The summed E-state index contributed by atoms with van der Waals surface area (Å²) in [4.78, 5) is 24.0. The van der Waals surface area contributed by atoms with Crippen LogP contribution in [0.4, 0.5) is 0 Å². The van der Waals surface area contributed by atoms with Crippen LogP contribution < -0.4 is 5.43 Å². The Balaban J connectivity index is 2.80. The molecule has 1 aromatic heterocycles. The number of aromatic nitrogens is 1. The van der Waals surface area contributed by atoms with Crippen molar-refractivity contribution in [2.45, 2.75) is 19.9 Å². The van der Waals surface area contributed by atoms with Gasteiger partial charge in [0.25, 0.3) is 0 Å². The molecular formula is C11H16N2O3. The summed E-state index contributed by atoms with van der Waals surface area (Å²) in [6, 6.07) is 1.29. The van der Waals surface area contributed by atoms with E-state index < -0.39 is 5.43 Å². The summed E-state index contributed by atoms with van der Waals surface area (Å²) >= 11 is 0. The van der Waals surface area contributed by atoms with Crippen LogP contribution in [0.25, 0.3) is 0 Å². The van der Waals surface area contributed by atoms with Crippen LogP contribution in [-0.2, 0) is 11.3 Å². The Hall–Kier alpha value is -1.78. The zero-order valence-corrected chi connectivity index (χ0v) is 9.73. The number of aryl methyl sites for hydroxylation is 1. The van der Waals surface area contributed by atoms with Crippen LogP contribution in [0.3, 0.4) is 0 Å². The highest BCUT2D eigenvalue weighted by Gasteiger charge is 2.08. The van der Waals surface area contributed by atoms with Crippen molar-refractivity contribution in [2.75, 3.05) is 14.1 Å². The molecule has 0 aliphatic heterocycles. The van der Waals surface area contributed by atoms with Gasteiger partial charge in [-0.05, 0) is 6.92 Å². The lowest BCUT2D eigenvalue weighted by molar-refractivity contribution is -0.128. The third-order valence-corrected chi connectivity index (χ3v) is 2.48. The van der Waals surface area contributed by atoms with Gasteiger partial charge in [-0.2, -0.15) is 0 Å². The number of rotatable bonds is 3. The molecule has 0 radical (unpaired) electrons.